The maximum absolute atomic E-state index is 13.1. The molecule has 3 aliphatic rings. The number of carbonyl (C=O) groups excluding carboxylic acids is 1. The molecule has 1 saturated carbocycles. The number of anilines is 2. The summed E-state index contributed by atoms with van der Waals surface area (Å²) < 4.78 is 12.8. The van der Waals surface area contributed by atoms with E-state index in [4.69, 9.17) is 9.47 Å². The Morgan fingerprint density at radius 2 is 1.69 bits per heavy atom. The standard InChI is InChI=1S/C30H32N2O3/c1-3-32(4-2)22-15-16-25-28(19-22)34-27-17-14-21(31-20-10-6-5-7-11-20)18-26(27)30(25)24-13-9-8-12-23(24)29(33)35-30/h8-9,12-20,31H,3-7,10-11H2,1-2H3. The molecule has 0 bridgehead atoms. The molecule has 5 heteroatoms. The van der Waals surface area contributed by atoms with Gasteiger partial charge in [0.05, 0.1) is 5.56 Å². The third kappa shape index (κ3) is 3.48. The number of nitrogens with zero attached hydrogens (tertiary/aromatic N) is 1. The number of nitrogens with one attached hydrogen (secondary N) is 1. The number of esters is 1. The zero-order chi connectivity index (χ0) is 24.0. The predicted octanol–water partition coefficient (Wildman–Crippen LogP) is 6.85. The van der Waals surface area contributed by atoms with Crippen LogP contribution in [0.1, 0.15) is 73.0 Å². The highest BCUT2D eigenvalue weighted by Crippen LogP contribution is 2.57. The Morgan fingerprint density at radius 3 is 2.49 bits per heavy atom. The van der Waals surface area contributed by atoms with Crippen molar-refractivity contribution in [1.29, 1.82) is 0 Å². The second kappa shape index (κ2) is 8.63. The first-order chi connectivity index (χ1) is 17.1. The molecule has 0 amide bonds. The van der Waals surface area contributed by atoms with Crippen LogP contribution in [-0.4, -0.2) is 25.1 Å². The summed E-state index contributed by atoms with van der Waals surface area (Å²) in [6.07, 6.45) is 6.23. The van der Waals surface area contributed by atoms with Crippen LogP contribution in [0, 0.1) is 0 Å². The highest BCUT2D eigenvalue weighted by molar-refractivity contribution is 5.97. The minimum Gasteiger partial charge on any atom is -0.456 e. The van der Waals surface area contributed by atoms with Crippen molar-refractivity contribution in [2.24, 2.45) is 0 Å². The van der Waals surface area contributed by atoms with Crippen molar-refractivity contribution in [3.8, 4) is 11.5 Å². The van der Waals surface area contributed by atoms with Gasteiger partial charge in [-0.3, -0.25) is 0 Å². The van der Waals surface area contributed by atoms with Crippen molar-refractivity contribution in [3.63, 3.8) is 0 Å². The molecule has 1 aliphatic carbocycles. The smallest absolute Gasteiger partial charge is 0.340 e. The van der Waals surface area contributed by atoms with E-state index in [1.807, 2.05) is 30.3 Å². The second-order valence-electron chi connectivity index (χ2n) is 9.76. The molecule has 5 nitrogen and oxygen atoms in total. The summed E-state index contributed by atoms with van der Waals surface area (Å²) in [5.41, 5.74) is 4.35. The van der Waals surface area contributed by atoms with E-state index in [2.05, 4.69) is 54.4 Å². The van der Waals surface area contributed by atoms with Gasteiger partial charge < -0.3 is 19.7 Å². The van der Waals surface area contributed by atoms with Gasteiger partial charge in [-0.25, -0.2) is 4.79 Å². The maximum atomic E-state index is 13.1. The molecule has 2 heterocycles. The molecule has 1 unspecified atom stereocenters. The number of hydrogen-bond donors (Lipinski definition) is 1. The molecule has 1 spiro atoms. The molecule has 1 N–H and O–H groups in total. The van der Waals surface area contributed by atoms with Crippen LogP contribution in [0.15, 0.2) is 60.7 Å². The van der Waals surface area contributed by atoms with Crippen LogP contribution < -0.4 is 15.0 Å². The lowest BCUT2D eigenvalue weighted by Crippen LogP contribution is -2.33. The van der Waals surface area contributed by atoms with Gasteiger partial charge in [-0.2, -0.15) is 0 Å². The molecule has 0 aromatic heterocycles. The molecule has 1 atom stereocenters. The van der Waals surface area contributed by atoms with Crippen LogP contribution in [0.4, 0.5) is 11.4 Å². The zero-order valence-electron chi connectivity index (χ0n) is 20.5. The van der Waals surface area contributed by atoms with Crippen molar-refractivity contribution in [2.75, 3.05) is 23.3 Å². The van der Waals surface area contributed by atoms with E-state index >= 15 is 0 Å². The second-order valence-corrected chi connectivity index (χ2v) is 9.76. The van der Waals surface area contributed by atoms with Crippen molar-refractivity contribution >= 4 is 17.3 Å². The van der Waals surface area contributed by atoms with Crippen molar-refractivity contribution in [1.82, 2.24) is 0 Å². The third-order valence-corrected chi connectivity index (χ3v) is 7.80. The molecule has 180 valence electrons. The highest BCUT2D eigenvalue weighted by Gasteiger charge is 2.53. The molecular formula is C30H32N2O3. The SMILES string of the molecule is CCN(CC)c1ccc2c(c1)Oc1ccc(NC3CCCCC3)cc1C21OC(=O)c2ccccc21. The van der Waals surface area contributed by atoms with Crippen LogP contribution in [-0.2, 0) is 10.3 Å². The van der Waals surface area contributed by atoms with Gasteiger partial charge in [0.15, 0.2) is 5.60 Å². The van der Waals surface area contributed by atoms with E-state index < -0.39 is 5.60 Å². The van der Waals surface area contributed by atoms with Gasteiger partial charge in [-0.15, -0.1) is 0 Å². The Labute approximate surface area is 207 Å². The quantitative estimate of drug-likeness (QED) is 0.415. The lowest BCUT2D eigenvalue weighted by molar-refractivity contribution is 0.0224. The highest BCUT2D eigenvalue weighted by atomic mass is 16.6. The molecule has 3 aromatic rings. The lowest BCUT2D eigenvalue weighted by Gasteiger charge is -2.37. The fourth-order valence-corrected chi connectivity index (χ4v) is 6.02. The van der Waals surface area contributed by atoms with Crippen LogP contribution in [0.2, 0.25) is 0 Å². The lowest BCUT2D eigenvalue weighted by atomic mass is 9.77. The first-order valence-corrected chi connectivity index (χ1v) is 12.9. The largest absolute Gasteiger partial charge is 0.456 e. The Kier molecular flexibility index (Phi) is 5.43. The topological polar surface area (TPSA) is 50.8 Å². The van der Waals surface area contributed by atoms with Gasteiger partial charge in [-0.05, 0) is 63.1 Å². The Balaban J connectivity index is 1.51. The van der Waals surface area contributed by atoms with Gasteiger partial charge >= 0.3 is 5.97 Å². The molecular weight excluding hydrogens is 436 g/mol. The van der Waals surface area contributed by atoms with E-state index in [0.29, 0.717) is 11.6 Å². The van der Waals surface area contributed by atoms with E-state index in [1.54, 1.807) is 0 Å². The molecule has 0 radical (unpaired) electrons. The molecule has 1 fully saturated rings. The van der Waals surface area contributed by atoms with Gasteiger partial charge in [-0.1, -0.05) is 37.5 Å². The van der Waals surface area contributed by atoms with Crippen molar-refractivity contribution in [2.45, 2.75) is 57.6 Å². The molecule has 0 saturated heterocycles. The van der Waals surface area contributed by atoms with Gasteiger partial charge in [0.1, 0.15) is 11.5 Å². The third-order valence-electron chi connectivity index (χ3n) is 7.80. The minimum absolute atomic E-state index is 0.294. The summed E-state index contributed by atoms with van der Waals surface area (Å²) in [6, 6.07) is 20.7. The average molecular weight is 469 g/mol. The van der Waals surface area contributed by atoms with Crippen LogP contribution in [0.3, 0.4) is 0 Å². The van der Waals surface area contributed by atoms with Gasteiger partial charge in [0, 0.05) is 53.3 Å². The van der Waals surface area contributed by atoms with E-state index in [9.17, 15) is 4.79 Å². The maximum Gasteiger partial charge on any atom is 0.340 e. The number of ether oxygens (including phenoxy) is 2. The van der Waals surface area contributed by atoms with E-state index in [0.717, 1.165) is 52.7 Å². The summed E-state index contributed by atoms with van der Waals surface area (Å²) in [6.45, 7) is 6.11. The Morgan fingerprint density at radius 1 is 0.886 bits per heavy atom. The summed E-state index contributed by atoms with van der Waals surface area (Å²) >= 11 is 0. The van der Waals surface area contributed by atoms with E-state index in [-0.39, 0.29) is 5.97 Å². The first kappa shape index (κ1) is 22.0. The van der Waals surface area contributed by atoms with Crippen molar-refractivity contribution < 1.29 is 14.3 Å². The fourth-order valence-electron chi connectivity index (χ4n) is 6.02. The normalized spacial score (nSPS) is 20.5. The van der Waals surface area contributed by atoms with Crippen LogP contribution in [0.5, 0.6) is 11.5 Å². The van der Waals surface area contributed by atoms with Crippen molar-refractivity contribution in [3.05, 3.63) is 82.9 Å². The summed E-state index contributed by atoms with van der Waals surface area (Å²) in [5, 5.41) is 3.73. The number of rotatable bonds is 5. The monoisotopic (exact) mass is 468 g/mol. The zero-order valence-corrected chi connectivity index (χ0v) is 20.5. The van der Waals surface area contributed by atoms with Gasteiger partial charge in [0.2, 0.25) is 0 Å². The number of hydrogen-bond acceptors (Lipinski definition) is 5. The number of fused-ring (bicyclic) bond motifs is 6. The molecule has 6 rings (SSSR count). The Bertz CT molecular complexity index is 1280. The fraction of sp³-hybridized carbons (Fsp3) is 0.367. The molecule has 3 aromatic carbocycles. The van der Waals surface area contributed by atoms with E-state index in [1.165, 1.54) is 32.1 Å². The first-order valence-electron chi connectivity index (χ1n) is 12.9. The molecule has 35 heavy (non-hydrogen) atoms. The average Bonchev–Trinajstić information content (AvgIpc) is 3.19. The molecule has 2 aliphatic heterocycles. The minimum atomic E-state index is -1.03. The number of benzene rings is 3. The number of carbonyl (C=O) groups is 1. The van der Waals surface area contributed by atoms with Crippen LogP contribution in [0.25, 0.3) is 0 Å². The Hall–Kier alpha value is -3.47. The predicted molar refractivity (Wildman–Crippen MR) is 139 cm³/mol. The van der Waals surface area contributed by atoms with Crippen LogP contribution >= 0.6 is 0 Å². The summed E-state index contributed by atoms with van der Waals surface area (Å²) in [5.74, 6) is 1.17. The summed E-state index contributed by atoms with van der Waals surface area (Å²) in [4.78, 5) is 15.4. The summed E-state index contributed by atoms with van der Waals surface area (Å²) in [7, 11) is 0. The van der Waals surface area contributed by atoms with Gasteiger partial charge in [0.25, 0.3) is 0 Å².